The average Bonchev–Trinajstić information content (AvgIpc) is 3.25. The largest absolute Gasteiger partial charge is 0.336 e. The molecule has 5 rings (SSSR count). The van der Waals surface area contributed by atoms with Crippen LogP contribution in [-0.2, 0) is 32.6 Å². The minimum atomic E-state index is -3.89. The maximum absolute atomic E-state index is 13.1. The Hall–Kier alpha value is -2.46. The number of nitrogens with one attached hydrogen (secondary N) is 1. The van der Waals surface area contributed by atoms with Crippen molar-refractivity contribution in [3.8, 4) is 0 Å². The molecule has 0 aliphatic carbocycles. The van der Waals surface area contributed by atoms with Gasteiger partial charge in [0.1, 0.15) is 10.3 Å². The molecular weight excluding hydrogens is 494 g/mol. The summed E-state index contributed by atoms with van der Waals surface area (Å²) in [7, 11) is -3.89. The summed E-state index contributed by atoms with van der Waals surface area (Å²) in [6.45, 7) is 1.54. The second-order valence-corrected chi connectivity index (χ2v) is 12.1. The third kappa shape index (κ3) is 4.70. The van der Waals surface area contributed by atoms with Crippen molar-refractivity contribution in [1.29, 1.82) is 0 Å². The van der Waals surface area contributed by atoms with E-state index in [1.807, 2.05) is 18.2 Å². The number of fused-ring (bicyclic) bond motifs is 2. The highest BCUT2D eigenvalue weighted by Crippen LogP contribution is 2.31. The SMILES string of the molecule is O=C(CN1CCC[C@H](NS(=O)(=O)c2cc3ccc(Cl)cc3s2)C1=O)N1CCc2ccccc2C1. The Kier molecular flexibility index (Phi) is 6.37. The van der Waals surface area contributed by atoms with Gasteiger partial charge in [0.05, 0.1) is 6.54 Å². The number of benzene rings is 2. The van der Waals surface area contributed by atoms with Crippen molar-refractivity contribution >= 4 is 54.9 Å². The van der Waals surface area contributed by atoms with Gasteiger partial charge in [-0.05, 0) is 54.0 Å². The topological polar surface area (TPSA) is 86.8 Å². The molecule has 0 spiro atoms. The third-order valence-electron chi connectivity index (χ3n) is 6.36. The van der Waals surface area contributed by atoms with Gasteiger partial charge in [-0.25, -0.2) is 8.42 Å². The Morgan fingerprint density at radius 3 is 2.74 bits per heavy atom. The van der Waals surface area contributed by atoms with E-state index in [4.69, 9.17) is 11.6 Å². The number of sulfonamides is 1. The van der Waals surface area contributed by atoms with E-state index < -0.39 is 16.1 Å². The van der Waals surface area contributed by atoms with Crippen LogP contribution < -0.4 is 4.72 Å². The van der Waals surface area contributed by atoms with Crippen LogP contribution in [0.25, 0.3) is 10.1 Å². The number of carbonyl (C=O) groups is 2. The second-order valence-electron chi connectivity index (χ2n) is 8.66. The lowest BCUT2D eigenvalue weighted by Gasteiger charge is -2.35. The van der Waals surface area contributed by atoms with Gasteiger partial charge in [0.25, 0.3) is 10.0 Å². The predicted octanol–water partition coefficient (Wildman–Crippen LogP) is 3.41. The number of hydrogen-bond donors (Lipinski definition) is 1. The molecule has 1 fully saturated rings. The van der Waals surface area contributed by atoms with Crippen LogP contribution in [0.4, 0.5) is 0 Å². The maximum atomic E-state index is 13.1. The van der Waals surface area contributed by atoms with Gasteiger partial charge in [-0.2, -0.15) is 4.72 Å². The number of thiophene rings is 1. The molecule has 2 aliphatic heterocycles. The van der Waals surface area contributed by atoms with E-state index >= 15 is 0 Å². The zero-order valence-corrected chi connectivity index (χ0v) is 20.8. The zero-order chi connectivity index (χ0) is 23.9. The normalized spacial score (nSPS) is 18.9. The molecule has 2 aliphatic rings. The minimum absolute atomic E-state index is 0.0411. The lowest BCUT2D eigenvalue weighted by atomic mass is 10.00. The number of rotatable bonds is 5. The molecule has 0 saturated carbocycles. The maximum Gasteiger partial charge on any atom is 0.250 e. The van der Waals surface area contributed by atoms with E-state index in [2.05, 4.69) is 10.8 Å². The van der Waals surface area contributed by atoms with Crippen molar-refractivity contribution in [2.75, 3.05) is 19.6 Å². The monoisotopic (exact) mass is 517 g/mol. The van der Waals surface area contributed by atoms with Crippen LogP contribution in [-0.4, -0.2) is 55.7 Å². The number of hydrogen-bond acceptors (Lipinski definition) is 5. The van der Waals surface area contributed by atoms with Crippen LogP contribution in [0.2, 0.25) is 5.02 Å². The third-order valence-corrected chi connectivity index (χ3v) is 9.64. The highest BCUT2D eigenvalue weighted by atomic mass is 35.5. The van der Waals surface area contributed by atoms with Crippen LogP contribution in [0.3, 0.4) is 0 Å². The van der Waals surface area contributed by atoms with Crippen LogP contribution >= 0.6 is 22.9 Å². The molecule has 3 heterocycles. The van der Waals surface area contributed by atoms with Gasteiger partial charge in [0.2, 0.25) is 11.8 Å². The molecule has 7 nitrogen and oxygen atoms in total. The molecule has 10 heteroatoms. The Labute approximate surface area is 207 Å². The first kappa shape index (κ1) is 23.3. The molecular formula is C24H24ClN3O4S2. The molecule has 178 valence electrons. The molecule has 3 aromatic rings. The fraction of sp³-hybridized carbons (Fsp3) is 0.333. The first-order valence-electron chi connectivity index (χ1n) is 11.1. The molecule has 2 amide bonds. The van der Waals surface area contributed by atoms with E-state index in [1.165, 1.54) is 10.5 Å². The van der Waals surface area contributed by atoms with Crippen LogP contribution in [0.1, 0.15) is 24.0 Å². The van der Waals surface area contributed by atoms with Gasteiger partial charge in [-0.1, -0.05) is 41.9 Å². The second kappa shape index (κ2) is 9.30. The van der Waals surface area contributed by atoms with Crippen molar-refractivity contribution in [2.45, 2.75) is 36.1 Å². The highest BCUT2D eigenvalue weighted by Gasteiger charge is 2.34. The summed E-state index contributed by atoms with van der Waals surface area (Å²) in [4.78, 5) is 29.3. The first-order valence-corrected chi connectivity index (χ1v) is 13.8. The summed E-state index contributed by atoms with van der Waals surface area (Å²) in [5.74, 6) is -0.475. The molecule has 0 bridgehead atoms. The Morgan fingerprint density at radius 1 is 1.12 bits per heavy atom. The Balaban J connectivity index is 1.25. The predicted molar refractivity (Wildman–Crippen MR) is 132 cm³/mol. The highest BCUT2D eigenvalue weighted by molar-refractivity contribution is 7.91. The lowest BCUT2D eigenvalue weighted by Crippen LogP contribution is -2.54. The number of nitrogens with zero attached hydrogens (tertiary/aromatic N) is 2. The molecule has 34 heavy (non-hydrogen) atoms. The van der Waals surface area contributed by atoms with Gasteiger partial charge in [0.15, 0.2) is 0 Å². The van der Waals surface area contributed by atoms with E-state index in [1.54, 1.807) is 29.2 Å². The molecule has 1 saturated heterocycles. The van der Waals surface area contributed by atoms with Crippen LogP contribution in [0.15, 0.2) is 52.7 Å². The van der Waals surface area contributed by atoms with Crippen LogP contribution in [0.5, 0.6) is 0 Å². The van der Waals surface area contributed by atoms with Gasteiger partial charge in [-0.15, -0.1) is 11.3 Å². The number of amides is 2. The van der Waals surface area contributed by atoms with Crippen molar-refractivity contribution in [3.05, 3.63) is 64.7 Å². The molecule has 1 atom stereocenters. The van der Waals surface area contributed by atoms with E-state index in [0.717, 1.165) is 33.4 Å². The number of likely N-dealkylation sites (tertiary alicyclic amines) is 1. The van der Waals surface area contributed by atoms with Crippen LogP contribution in [0, 0.1) is 0 Å². The molecule has 1 aromatic heterocycles. The Morgan fingerprint density at radius 2 is 1.91 bits per heavy atom. The fourth-order valence-electron chi connectivity index (χ4n) is 4.54. The van der Waals surface area contributed by atoms with Crippen molar-refractivity contribution < 1.29 is 18.0 Å². The van der Waals surface area contributed by atoms with E-state index in [9.17, 15) is 18.0 Å². The first-order chi connectivity index (χ1) is 16.3. The summed E-state index contributed by atoms with van der Waals surface area (Å²) in [6, 6.07) is 14.0. The minimum Gasteiger partial charge on any atom is -0.336 e. The molecule has 2 aromatic carbocycles. The molecule has 1 N–H and O–H groups in total. The average molecular weight is 518 g/mol. The zero-order valence-electron chi connectivity index (χ0n) is 18.4. The number of piperidine rings is 1. The molecule has 0 unspecified atom stereocenters. The summed E-state index contributed by atoms with van der Waals surface area (Å²) in [5, 5.41) is 1.31. The van der Waals surface area contributed by atoms with Gasteiger partial charge in [-0.3, -0.25) is 9.59 Å². The van der Waals surface area contributed by atoms with Gasteiger partial charge < -0.3 is 9.80 Å². The lowest BCUT2D eigenvalue weighted by molar-refractivity contribution is -0.143. The standard InChI is InChI=1S/C24H24ClN3O4S2/c25-19-8-7-17-12-23(33-21(17)13-19)34(31,32)26-20-6-3-10-28(24(20)30)15-22(29)27-11-9-16-4-1-2-5-18(16)14-27/h1-2,4-5,7-8,12-13,20,26H,3,6,9-11,14-15H2/t20-/m0/s1. The summed E-state index contributed by atoms with van der Waals surface area (Å²) >= 11 is 7.13. The number of carbonyl (C=O) groups excluding carboxylic acids is 2. The smallest absolute Gasteiger partial charge is 0.250 e. The van der Waals surface area contributed by atoms with Crippen molar-refractivity contribution in [1.82, 2.24) is 14.5 Å². The van der Waals surface area contributed by atoms with E-state index in [0.29, 0.717) is 37.5 Å². The van der Waals surface area contributed by atoms with Gasteiger partial charge >= 0.3 is 0 Å². The fourth-order valence-corrected chi connectivity index (χ4v) is 7.45. The van der Waals surface area contributed by atoms with Crippen molar-refractivity contribution in [2.24, 2.45) is 0 Å². The Bertz CT molecular complexity index is 1370. The van der Waals surface area contributed by atoms with Gasteiger partial charge in [0, 0.05) is 29.4 Å². The van der Waals surface area contributed by atoms with Crippen molar-refractivity contribution in [3.63, 3.8) is 0 Å². The molecule has 0 radical (unpaired) electrons. The number of halogens is 1. The van der Waals surface area contributed by atoms with E-state index in [-0.39, 0.29) is 22.6 Å². The quantitative estimate of drug-likeness (QED) is 0.562. The summed E-state index contributed by atoms with van der Waals surface area (Å²) < 4.78 is 29.5. The summed E-state index contributed by atoms with van der Waals surface area (Å²) in [6.07, 6.45) is 1.81. The summed E-state index contributed by atoms with van der Waals surface area (Å²) in [5.41, 5.74) is 2.38.